The Labute approximate surface area is 203 Å². The summed E-state index contributed by atoms with van der Waals surface area (Å²) in [6.07, 6.45) is 1.95. The molecule has 0 fully saturated rings. The number of hydrogen-bond acceptors (Lipinski definition) is 3. The Morgan fingerprint density at radius 2 is 1.47 bits per heavy atom. The molecular formula is C30H34N2O2. The van der Waals surface area contributed by atoms with E-state index in [0.29, 0.717) is 17.1 Å². The third-order valence-electron chi connectivity index (χ3n) is 6.24. The van der Waals surface area contributed by atoms with Gasteiger partial charge in [-0.25, -0.2) is 4.98 Å². The molecule has 4 rings (SSSR count). The lowest BCUT2D eigenvalue weighted by atomic mass is 9.78. The van der Waals surface area contributed by atoms with Gasteiger partial charge in [-0.15, -0.1) is 0 Å². The molecule has 4 nitrogen and oxygen atoms in total. The van der Waals surface area contributed by atoms with Crippen molar-refractivity contribution in [2.45, 2.75) is 66.2 Å². The van der Waals surface area contributed by atoms with Crippen LogP contribution in [0.25, 0.3) is 11.6 Å². The zero-order valence-corrected chi connectivity index (χ0v) is 21.4. The van der Waals surface area contributed by atoms with E-state index in [1.165, 1.54) is 0 Å². The first-order chi connectivity index (χ1) is 15.8. The number of hydrogen-bond donors (Lipinski definition) is 1. The monoisotopic (exact) mass is 454 g/mol. The number of aryl methyl sites for hydroxylation is 2. The third kappa shape index (κ3) is 4.25. The van der Waals surface area contributed by atoms with Gasteiger partial charge in [0.25, 0.3) is 5.91 Å². The van der Waals surface area contributed by atoms with Gasteiger partial charge in [-0.05, 0) is 72.2 Å². The van der Waals surface area contributed by atoms with Gasteiger partial charge in [0.1, 0.15) is 11.6 Å². The molecule has 0 saturated heterocycles. The van der Waals surface area contributed by atoms with Crippen molar-refractivity contribution < 1.29 is 9.90 Å². The number of pyridine rings is 1. The first-order valence-corrected chi connectivity index (χ1v) is 11.8. The number of aromatic hydroxyl groups is 1. The summed E-state index contributed by atoms with van der Waals surface area (Å²) in [5.41, 5.74) is 6.45. The smallest absolute Gasteiger partial charge is 0.264 e. The normalized spacial score (nSPS) is 15.2. The van der Waals surface area contributed by atoms with E-state index in [2.05, 4.69) is 46.5 Å². The molecule has 176 valence electrons. The molecule has 0 unspecified atom stereocenters. The van der Waals surface area contributed by atoms with Crippen LogP contribution >= 0.6 is 0 Å². The molecule has 0 bridgehead atoms. The number of phenolic OH excluding ortho intramolecular Hbond substituents is 1. The number of anilines is 2. The lowest BCUT2D eigenvalue weighted by molar-refractivity contribution is -0.112. The molecule has 0 radical (unpaired) electrons. The van der Waals surface area contributed by atoms with E-state index in [-0.39, 0.29) is 16.7 Å². The number of para-hydroxylation sites is 1. The maximum Gasteiger partial charge on any atom is 0.264 e. The average Bonchev–Trinajstić information content (AvgIpc) is 2.98. The highest BCUT2D eigenvalue weighted by atomic mass is 16.3. The largest absolute Gasteiger partial charge is 0.507 e. The van der Waals surface area contributed by atoms with Gasteiger partial charge in [0.15, 0.2) is 0 Å². The molecule has 0 saturated carbocycles. The van der Waals surface area contributed by atoms with Crippen molar-refractivity contribution in [1.82, 2.24) is 4.98 Å². The molecule has 0 atom stereocenters. The summed E-state index contributed by atoms with van der Waals surface area (Å²) in [5, 5.41) is 11.1. The lowest BCUT2D eigenvalue weighted by Gasteiger charge is -2.28. The first kappa shape index (κ1) is 23.7. The fraction of sp³-hybridized carbons (Fsp3) is 0.333. The molecule has 4 heteroatoms. The highest BCUT2D eigenvalue weighted by molar-refractivity contribution is 6.37. The number of carbonyl (C=O) groups is 1. The maximum atomic E-state index is 13.8. The van der Waals surface area contributed by atoms with Crippen LogP contribution in [0.4, 0.5) is 11.5 Å². The van der Waals surface area contributed by atoms with Crippen LogP contribution in [0.2, 0.25) is 0 Å². The van der Waals surface area contributed by atoms with E-state index in [9.17, 15) is 9.90 Å². The van der Waals surface area contributed by atoms with E-state index in [1.54, 1.807) is 4.90 Å². The van der Waals surface area contributed by atoms with Crippen molar-refractivity contribution in [1.29, 1.82) is 0 Å². The van der Waals surface area contributed by atoms with Crippen molar-refractivity contribution in [3.63, 3.8) is 0 Å². The van der Waals surface area contributed by atoms with Crippen molar-refractivity contribution in [2.24, 2.45) is 0 Å². The summed E-state index contributed by atoms with van der Waals surface area (Å²) >= 11 is 0. The van der Waals surface area contributed by atoms with Gasteiger partial charge in [0, 0.05) is 22.4 Å². The van der Waals surface area contributed by atoms with Gasteiger partial charge in [0.2, 0.25) is 0 Å². The Kier molecular flexibility index (Phi) is 5.67. The van der Waals surface area contributed by atoms with Crippen molar-refractivity contribution >= 4 is 29.1 Å². The number of aromatic nitrogens is 1. The summed E-state index contributed by atoms with van der Waals surface area (Å²) in [6.45, 7) is 16.5. The van der Waals surface area contributed by atoms with Gasteiger partial charge in [0.05, 0.1) is 11.3 Å². The second kappa shape index (κ2) is 8.12. The summed E-state index contributed by atoms with van der Waals surface area (Å²) in [4.78, 5) is 20.2. The number of nitrogens with zero attached hydrogens (tertiary/aromatic N) is 2. The molecule has 3 aromatic rings. The van der Waals surface area contributed by atoms with Crippen LogP contribution in [0.15, 0.2) is 48.5 Å². The van der Waals surface area contributed by atoms with Gasteiger partial charge < -0.3 is 5.11 Å². The molecule has 2 aromatic carbocycles. The van der Waals surface area contributed by atoms with Crippen molar-refractivity contribution in [2.75, 3.05) is 4.90 Å². The summed E-state index contributed by atoms with van der Waals surface area (Å²) in [5.74, 6) is 0.873. The molecule has 1 N–H and O–H groups in total. The van der Waals surface area contributed by atoms with Crippen LogP contribution < -0.4 is 4.90 Å². The number of phenols is 1. The number of amides is 1. The minimum atomic E-state index is -0.245. The molecule has 1 amide bonds. The van der Waals surface area contributed by atoms with Crippen LogP contribution in [-0.4, -0.2) is 16.0 Å². The van der Waals surface area contributed by atoms with E-state index >= 15 is 0 Å². The number of benzene rings is 2. The Morgan fingerprint density at radius 3 is 2.03 bits per heavy atom. The SMILES string of the molecule is Cc1cc(C)nc(N2C(=O)C(=Cc3cc(C(C)(C)C)c(O)c(C(C)(C)C)c3)c3ccccc32)c1. The maximum absolute atomic E-state index is 13.8. The zero-order valence-electron chi connectivity index (χ0n) is 21.4. The molecule has 0 spiro atoms. The third-order valence-corrected chi connectivity index (χ3v) is 6.24. The fourth-order valence-electron chi connectivity index (χ4n) is 4.59. The predicted octanol–water partition coefficient (Wildman–Crippen LogP) is 7.22. The molecule has 1 aromatic heterocycles. The van der Waals surface area contributed by atoms with Gasteiger partial charge >= 0.3 is 0 Å². The fourth-order valence-corrected chi connectivity index (χ4v) is 4.59. The van der Waals surface area contributed by atoms with Crippen LogP contribution in [0.3, 0.4) is 0 Å². The minimum Gasteiger partial charge on any atom is -0.507 e. The molecule has 2 heterocycles. The summed E-state index contributed by atoms with van der Waals surface area (Å²) in [6, 6.07) is 15.8. The minimum absolute atomic E-state index is 0.0959. The van der Waals surface area contributed by atoms with Crippen LogP contribution in [0, 0.1) is 13.8 Å². The zero-order chi connectivity index (χ0) is 25.0. The van der Waals surface area contributed by atoms with Crippen LogP contribution in [0.1, 0.15) is 75.1 Å². The van der Waals surface area contributed by atoms with Crippen molar-refractivity contribution in [3.8, 4) is 5.75 Å². The number of fused-ring (bicyclic) bond motifs is 1. The Bertz CT molecular complexity index is 1270. The lowest BCUT2D eigenvalue weighted by Crippen LogP contribution is -2.22. The second-order valence-corrected chi connectivity index (χ2v) is 11.3. The topological polar surface area (TPSA) is 53.4 Å². The standard InChI is InChI=1S/C30H34N2O2/c1-18-13-19(2)31-26(14-18)32-25-12-10-9-11-21(25)22(28(32)34)15-20-16-23(29(3,4)5)27(33)24(17-20)30(6,7)8/h9-17,33H,1-8H3. The van der Waals surface area contributed by atoms with Crippen LogP contribution in [-0.2, 0) is 15.6 Å². The highest BCUT2D eigenvalue weighted by Gasteiger charge is 2.34. The van der Waals surface area contributed by atoms with Crippen LogP contribution in [0.5, 0.6) is 5.75 Å². The molecular weight excluding hydrogens is 420 g/mol. The van der Waals surface area contributed by atoms with E-state index in [4.69, 9.17) is 0 Å². The van der Waals surface area contributed by atoms with Gasteiger partial charge in [-0.3, -0.25) is 9.69 Å². The molecule has 34 heavy (non-hydrogen) atoms. The Balaban J connectivity index is 1.92. The Morgan fingerprint density at radius 1 is 0.882 bits per heavy atom. The quantitative estimate of drug-likeness (QED) is 0.416. The van der Waals surface area contributed by atoms with Gasteiger partial charge in [-0.1, -0.05) is 59.7 Å². The first-order valence-electron chi connectivity index (χ1n) is 11.8. The predicted molar refractivity (Wildman–Crippen MR) is 141 cm³/mol. The molecule has 0 aliphatic carbocycles. The van der Waals surface area contributed by atoms with E-state index < -0.39 is 0 Å². The second-order valence-electron chi connectivity index (χ2n) is 11.3. The summed E-state index contributed by atoms with van der Waals surface area (Å²) < 4.78 is 0. The van der Waals surface area contributed by atoms with E-state index in [1.807, 2.05) is 68.5 Å². The Hall–Kier alpha value is -3.40. The van der Waals surface area contributed by atoms with Gasteiger partial charge in [-0.2, -0.15) is 0 Å². The highest BCUT2D eigenvalue weighted by Crippen LogP contribution is 2.44. The van der Waals surface area contributed by atoms with Crippen molar-refractivity contribution in [3.05, 3.63) is 82.0 Å². The average molecular weight is 455 g/mol. The number of rotatable bonds is 2. The van der Waals surface area contributed by atoms with E-state index in [0.717, 1.165) is 39.2 Å². The summed E-state index contributed by atoms with van der Waals surface area (Å²) in [7, 11) is 0. The number of carbonyl (C=O) groups excluding carboxylic acids is 1. The molecule has 1 aliphatic rings. The molecule has 1 aliphatic heterocycles.